The van der Waals surface area contributed by atoms with Crippen molar-refractivity contribution in [3.8, 4) is 0 Å². The third kappa shape index (κ3) is 1.41. The summed E-state index contributed by atoms with van der Waals surface area (Å²) >= 11 is 0. The molecule has 2 atom stereocenters. The SMILES string of the molecule is COC(=O)c1cc([C@@H]2C[C@@H]2F)on1. The summed E-state index contributed by atoms with van der Waals surface area (Å²) in [4.78, 5) is 10.9. The molecule has 0 radical (unpaired) electrons. The van der Waals surface area contributed by atoms with E-state index in [0.717, 1.165) is 0 Å². The van der Waals surface area contributed by atoms with Crippen LogP contribution in [0.2, 0.25) is 0 Å². The van der Waals surface area contributed by atoms with Crippen molar-refractivity contribution in [3.63, 3.8) is 0 Å². The number of nitrogens with zero attached hydrogens (tertiary/aromatic N) is 1. The molecule has 0 bridgehead atoms. The number of hydrogen-bond donors (Lipinski definition) is 0. The van der Waals surface area contributed by atoms with Crippen LogP contribution in [0, 0.1) is 0 Å². The lowest BCUT2D eigenvalue weighted by Gasteiger charge is -1.88. The monoisotopic (exact) mass is 185 g/mol. The molecule has 1 aliphatic rings. The predicted octanol–water partition coefficient (Wildman–Crippen LogP) is 1.29. The topological polar surface area (TPSA) is 52.3 Å². The standard InChI is InChI=1S/C8H8FNO3/c1-12-8(11)6-3-7(13-10-6)4-2-5(4)9/h3-5H,2H2,1H3/t4-,5+/m1/s1. The van der Waals surface area contributed by atoms with E-state index in [1.807, 2.05) is 0 Å². The Morgan fingerprint density at radius 2 is 2.54 bits per heavy atom. The summed E-state index contributed by atoms with van der Waals surface area (Å²) in [6, 6.07) is 1.43. The van der Waals surface area contributed by atoms with E-state index in [0.29, 0.717) is 12.2 Å². The van der Waals surface area contributed by atoms with E-state index < -0.39 is 12.1 Å². The largest absolute Gasteiger partial charge is 0.464 e. The zero-order valence-electron chi connectivity index (χ0n) is 6.99. The summed E-state index contributed by atoms with van der Waals surface area (Å²) in [6.45, 7) is 0. The maximum atomic E-state index is 12.5. The summed E-state index contributed by atoms with van der Waals surface area (Å²) < 4.78 is 21.8. The molecule has 0 saturated heterocycles. The van der Waals surface area contributed by atoms with Gasteiger partial charge >= 0.3 is 5.97 Å². The molecule has 1 fully saturated rings. The highest BCUT2D eigenvalue weighted by Gasteiger charge is 2.42. The summed E-state index contributed by atoms with van der Waals surface area (Å²) in [7, 11) is 1.26. The zero-order valence-corrected chi connectivity index (χ0v) is 6.99. The molecule has 0 spiro atoms. The number of rotatable bonds is 2. The first-order valence-electron chi connectivity index (χ1n) is 3.91. The van der Waals surface area contributed by atoms with Gasteiger partial charge in [-0.1, -0.05) is 5.16 Å². The van der Waals surface area contributed by atoms with Crippen LogP contribution >= 0.6 is 0 Å². The average molecular weight is 185 g/mol. The number of esters is 1. The molecule has 1 aromatic rings. The first kappa shape index (κ1) is 8.22. The molecule has 0 amide bonds. The van der Waals surface area contributed by atoms with E-state index in [4.69, 9.17) is 4.52 Å². The van der Waals surface area contributed by atoms with Crippen LogP contribution in [0.5, 0.6) is 0 Å². The van der Waals surface area contributed by atoms with Crippen molar-refractivity contribution in [1.29, 1.82) is 0 Å². The molecule has 0 N–H and O–H groups in total. The molecule has 5 heteroatoms. The fourth-order valence-electron chi connectivity index (χ4n) is 1.12. The smallest absolute Gasteiger partial charge is 0.360 e. The van der Waals surface area contributed by atoms with Gasteiger partial charge in [-0.25, -0.2) is 9.18 Å². The van der Waals surface area contributed by atoms with Crippen molar-refractivity contribution < 1.29 is 18.4 Å². The summed E-state index contributed by atoms with van der Waals surface area (Å²) in [6.07, 6.45) is -0.394. The minimum atomic E-state index is -0.849. The lowest BCUT2D eigenvalue weighted by atomic mass is 10.3. The molecule has 0 unspecified atom stereocenters. The Balaban J connectivity index is 2.14. The maximum absolute atomic E-state index is 12.5. The molecule has 70 valence electrons. The Kier molecular flexibility index (Phi) is 1.79. The third-order valence-corrected chi connectivity index (χ3v) is 2.00. The highest BCUT2D eigenvalue weighted by atomic mass is 19.1. The van der Waals surface area contributed by atoms with Crippen molar-refractivity contribution in [2.45, 2.75) is 18.5 Å². The highest BCUT2D eigenvalue weighted by Crippen LogP contribution is 2.43. The lowest BCUT2D eigenvalue weighted by Crippen LogP contribution is -2.00. The molecule has 1 aliphatic carbocycles. The van der Waals surface area contributed by atoms with Gasteiger partial charge in [0.05, 0.1) is 13.0 Å². The van der Waals surface area contributed by atoms with Gasteiger partial charge in [-0.15, -0.1) is 0 Å². The second-order valence-corrected chi connectivity index (χ2v) is 2.96. The Morgan fingerprint density at radius 1 is 1.85 bits per heavy atom. The van der Waals surface area contributed by atoms with Crippen LogP contribution in [0.3, 0.4) is 0 Å². The van der Waals surface area contributed by atoms with E-state index in [1.54, 1.807) is 0 Å². The normalized spacial score (nSPS) is 25.7. The van der Waals surface area contributed by atoms with Gasteiger partial charge in [0, 0.05) is 6.07 Å². The molecule has 13 heavy (non-hydrogen) atoms. The van der Waals surface area contributed by atoms with Crippen LogP contribution in [-0.4, -0.2) is 24.4 Å². The molecule has 2 rings (SSSR count). The first-order chi connectivity index (χ1) is 6.22. The van der Waals surface area contributed by atoms with Gasteiger partial charge in [-0.3, -0.25) is 0 Å². The van der Waals surface area contributed by atoms with Crippen LogP contribution < -0.4 is 0 Å². The van der Waals surface area contributed by atoms with E-state index in [1.165, 1.54) is 13.2 Å². The number of halogens is 1. The Hall–Kier alpha value is -1.39. The number of aromatic nitrogens is 1. The number of hydrogen-bond acceptors (Lipinski definition) is 4. The molecule has 0 aliphatic heterocycles. The quantitative estimate of drug-likeness (QED) is 0.651. The van der Waals surface area contributed by atoms with Gasteiger partial charge in [-0.05, 0) is 6.42 Å². The second-order valence-electron chi connectivity index (χ2n) is 2.96. The van der Waals surface area contributed by atoms with Gasteiger partial charge in [-0.2, -0.15) is 0 Å². The number of methoxy groups -OCH3 is 1. The molecule has 4 nitrogen and oxygen atoms in total. The number of carbonyl (C=O) groups excluding carboxylic acids is 1. The van der Waals surface area contributed by atoms with Crippen molar-refractivity contribution in [1.82, 2.24) is 5.16 Å². The molecule has 0 aromatic carbocycles. The highest BCUT2D eigenvalue weighted by molar-refractivity contribution is 5.87. The molecule has 1 aromatic heterocycles. The summed E-state index contributed by atoms with van der Waals surface area (Å²) in [5.41, 5.74) is 0.0941. The molecule has 1 heterocycles. The van der Waals surface area contributed by atoms with Gasteiger partial charge < -0.3 is 9.26 Å². The fourth-order valence-corrected chi connectivity index (χ4v) is 1.12. The van der Waals surface area contributed by atoms with Gasteiger partial charge in [0.1, 0.15) is 11.9 Å². The van der Waals surface area contributed by atoms with Gasteiger partial charge in [0.25, 0.3) is 0 Å². The van der Waals surface area contributed by atoms with E-state index >= 15 is 0 Å². The molecular weight excluding hydrogens is 177 g/mol. The van der Waals surface area contributed by atoms with Crippen molar-refractivity contribution in [2.75, 3.05) is 7.11 Å². The van der Waals surface area contributed by atoms with Crippen LogP contribution in [0.15, 0.2) is 10.6 Å². The number of carbonyl (C=O) groups is 1. The lowest BCUT2D eigenvalue weighted by molar-refractivity contribution is 0.0589. The minimum Gasteiger partial charge on any atom is -0.464 e. The van der Waals surface area contributed by atoms with Crippen LogP contribution in [0.4, 0.5) is 4.39 Å². The van der Waals surface area contributed by atoms with Crippen molar-refractivity contribution >= 4 is 5.97 Å². The molecular formula is C8H8FNO3. The van der Waals surface area contributed by atoms with Gasteiger partial charge in [0.15, 0.2) is 5.69 Å². The van der Waals surface area contributed by atoms with E-state index in [2.05, 4.69) is 9.89 Å². The van der Waals surface area contributed by atoms with Crippen LogP contribution in [0.25, 0.3) is 0 Å². The Morgan fingerprint density at radius 3 is 3.08 bits per heavy atom. The van der Waals surface area contributed by atoms with Crippen LogP contribution in [0.1, 0.15) is 28.6 Å². The number of ether oxygens (including phenoxy) is 1. The maximum Gasteiger partial charge on any atom is 0.360 e. The van der Waals surface area contributed by atoms with E-state index in [9.17, 15) is 9.18 Å². The Labute approximate surface area is 73.7 Å². The first-order valence-corrected chi connectivity index (χ1v) is 3.91. The molecule has 1 saturated carbocycles. The van der Waals surface area contributed by atoms with Gasteiger partial charge in [0.2, 0.25) is 0 Å². The summed E-state index contributed by atoms with van der Waals surface area (Å²) in [5, 5.41) is 3.47. The van der Waals surface area contributed by atoms with Crippen molar-refractivity contribution in [3.05, 3.63) is 17.5 Å². The third-order valence-electron chi connectivity index (χ3n) is 2.00. The fraction of sp³-hybridized carbons (Fsp3) is 0.500. The number of alkyl halides is 1. The zero-order chi connectivity index (χ0) is 9.42. The average Bonchev–Trinajstić information content (AvgIpc) is 2.70. The second kappa shape index (κ2) is 2.83. The van der Waals surface area contributed by atoms with Crippen LogP contribution in [-0.2, 0) is 4.74 Å². The minimum absolute atomic E-state index is 0.0941. The van der Waals surface area contributed by atoms with E-state index in [-0.39, 0.29) is 11.6 Å². The Bertz CT molecular complexity index is 336. The summed E-state index contributed by atoms with van der Waals surface area (Å²) in [5.74, 6) is -0.357. The predicted molar refractivity (Wildman–Crippen MR) is 40.1 cm³/mol. The van der Waals surface area contributed by atoms with Crippen molar-refractivity contribution in [2.24, 2.45) is 0 Å².